The lowest BCUT2D eigenvalue weighted by Crippen LogP contribution is -2.34. The van der Waals surface area contributed by atoms with Gasteiger partial charge in [-0.05, 0) is 82.5 Å². The van der Waals surface area contributed by atoms with E-state index < -0.39 is 11.4 Å². The van der Waals surface area contributed by atoms with E-state index in [1.165, 1.54) is 0 Å². The largest absolute Gasteiger partial charge is 0.481 e. The lowest BCUT2D eigenvalue weighted by atomic mass is 9.73. The molecule has 6 unspecified atom stereocenters. The van der Waals surface area contributed by atoms with Crippen LogP contribution in [0.5, 0.6) is 0 Å². The highest BCUT2D eigenvalue weighted by molar-refractivity contribution is 5.73. The van der Waals surface area contributed by atoms with Crippen LogP contribution in [0.1, 0.15) is 118 Å². The molecular formula is C30H54O5. The highest BCUT2D eigenvalue weighted by Crippen LogP contribution is 2.37. The Morgan fingerprint density at radius 2 is 1.23 bits per heavy atom. The van der Waals surface area contributed by atoms with Gasteiger partial charge in [0.05, 0.1) is 17.6 Å². The van der Waals surface area contributed by atoms with Crippen molar-refractivity contribution in [3.8, 4) is 0 Å². The van der Waals surface area contributed by atoms with Gasteiger partial charge in [-0.2, -0.15) is 0 Å². The molecule has 0 bridgehead atoms. The van der Waals surface area contributed by atoms with Crippen molar-refractivity contribution in [2.24, 2.45) is 34.5 Å². The molecule has 0 saturated heterocycles. The van der Waals surface area contributed by atoms with Gasteiger partial charge in [0.1, 0.15) is 0 Å². The van der Waals surface area contributed by atoms with Crippen molar-refractivity contribution in [1.29, 1.82) is 0 Å². The van der Waals surface area contributed by atoms with E-state index in [1.807, 2.05) is 0 Å². The highest BCUT2D eigenvalue weighted by atomic mass is 16.4. The first-order chi connectivity index (χ1) is 16.5. The molecule has 2 saturated carbocycles. The van der Waals surface area contributed by atoms with Gasteiger partial charge in [-0.1, -0.05) is 64.5 Å². The van der Waals surface area contributed by atoms with E-state index in [9.17, 15) is 25.2 Å². The summed E-state index contributed by atoms with van der Waals surface area (Å²) in [5.74, 6) is 0.261. The Morgan fingerprint density at radius 3 is 1.66 bits per heavy atom. The Bertz CT molecular complexity index is 655. The summed E-state index contributed by atoms with van der Waals surface area (Å²) in [5, 5.41) is 40.8. The monoisotopic (exact) mass is 494 g/mol. The first-order valence-electron chi connectivity index (χ1n) is 14.4. The van der Waals surface area contributed by atoms with Crippen LogP contribution < -0.4 is 0 Å². The van der Waals surface area contributed by atoms with Crippen molar-refractivity contribution < 1.29 is 25.2 Å². The second-order valence-electron chi connectivity index (χ2n) is 13.1. The standard InChI is InChI=1S/C30H54O5/c1-29(2,21-31)19-7-5-11-22-13-9-15-24(26(22)32)17-18-25-16-10-14-23(27(25)33)12-6-8-20-30(3,4)28(34)35/h17-18,22-27,31-33H,5-16,19-21H2,1-4H3,(H,34,35)/b18-17+. The molecule has 2 aliphatic rings. The molecule has 2 aliphatic carbocycles. The van der Waals surface area contributed by atoms with Gasteiger partial charge in [-0.25, -0.2) is 0 Å². The molecule has 0 amide bonds. The third-order valence-corrected chi connectivity index (χ3v) is 8.99. The smallest absolute Gasteiger partial charge is 0.309 e. The quantitative estimate of drug-likeness (QED) is 0.167. The Morgan fingerprint density at radius 1 is 0.771 bits per heavy atom. The minimum Gasteiger partial charge on any atom is -0.481 e. The Hall–Kier alpha value is -0.910. The van der Waals surface area contributed by atoms with Crippen LogP contribution in [0, 0.1) is 34.5 Å². The normalized spacial score (nSPS) is 30.6. The second-order valence-corrected chi connectivity index (χ2v) is 13.1. The third kappa shape index (κ3) is 9.81. The number of carboxylic acids is 1. The number of aliphatic hydroxyl groups excluding tert-OH is 3. The van der Waals surface area contributed by atoms with Gasteiger partial charge in [-0.15, -0.1) is 0 Å². The highest BCUT2D eigenvalue weighted by Gasteiger charge is 2.33. The minimum atomic E-state index is -0.738. The lowest BCUT2D eigenvalue weighted by Gasteiger charge is -2.36. The van der Waals surface area contributed by atoms with E-state index in [0.717, 1.165) is 83.5 Å². The molecule has 5 heteroatoms. The Balaban J connectivity index is 1.78. The zero-order chi connectivity index (χ0) is 26.1. The summed E-state index contributed by atoms with van der Waals surface area (Å²) >= 11 is 0. The van der Waals surface area contributed by atoms with Crippen LogP contribution >= 0.6 is 0 Å². The maximum absolute atomic E-state index is 11.3. The van der Waals surface area contributed by atoms with E-state index >= 15 is 0 Å². The summed E-state index contributed by atoms with van der Waals surface area (Å²) in [6.45, 7) is 8.01. The predicted molar refractivity (Wildman–Crippen MR) is 142 cm³/mol. The van der Waals surface area contributed by atoms with E-state index in [1.54, 1.807) is 13.8 Å². The predicted octanol–water partition coefficient (Wildman–Crippen LogP) is 6.35. The van der Waals surface area contributed by atoms with Crippen molar-refractivity contribution in [2.75, 3.05) is 6.61 Å². The van der Waals surface area contributed by atoms with Crippen molar-refractivity contribution >= 4 is 5.97 Å². The number of aliphatic carboxylic acids is 1. The fourth-order valence-corrected chi connectivity index (χ4v) is 6.12. The zero-order valence-corrected chi connectivity index (χ0v) is 22.9. The van der Waals surface area contributed by atoms with Crippen LogP contribution in [-0.2, 0) is 4.79 Å². The molecule has 0 spiro atoms. The molecule has 2 fully saturated rings. The molecule has 5 nitrogen and oxygen atoms in total. The molecule has 4 N–H and O–H groups in total. The number of hydrogen-bond donors (Lipinski definition) is 4. The van der Waals surface area contributed by atoms with E-state index in [4.69, 9.17) is 0 Å². The molecule has 0 heterocycles. The molecule has 2 rings (SSSR count). The van der Waals surface area contributed by atoms with Gasteiger partial charge in [-0.3, -0.25) is 4.79 Å². The van der Waals surface area contributed by atoms with Crippen LogP contribution in [0.15, 0.2) is 12.2 Å². The summed E-state index contributed by atoms with van der Waals surface area (Å²) in [5.41, 5.74) is -0.685. The molecule has 0 aromatic carbocycles. The summed E-state index contributed by atoms with van der Waals surface area (Å²) in [4.78, 5) is 11.3. The first-order valence-corrected chi connectivity index (χ1v) is 14.4. The van der Waals surface area contributed by atoms with Crippen molar-refractivity contribution in [1.82, 2.24) is 0 Å². The van der Waals surface area contributed by atoms with Crippen molar-refractivity contribution in [3.63, 3.8) is 0 Å². The molecule has 35 heavy (non-hydrogen) atoms. The lowest BCUT2D eigenvalue weighted by molar-refractivity contribution is -0.147. The van der Waals surface area contributed by atoms with E-state index in [-0.39, 0.29) is 36.1 Å². The van der Waals surface area contributed by atoms with Gasteiger partial charge in [0.25, 0.3) is 0 Å². The summed E-state index contributed by atoms with van der Waals surface area (Å²) in [6, 6.07) is 0. The Kier molecular flexibility index (Phi) is 12.2. The summed E-state index contributed by atoms with van der Waals surface area (Å²) < 4.78 is 0. The van der Waals surface area contributed by atoms with E-state index in [0.29, 0.717) is 18.3 Å². The van der Waals surface area contributed by atoms with E-state index in [2.05, 4.69) is 26.0 Å². The van der Waals surface area contributed by atoms with Gasteiger partial charge in [0.2, 0.25) is 0 Å². The maximum atomic E-state index is 11.3. The third-order valence-electron chi connectivity index (χ3n) is 8.99. The number of hydrogen-bond acceptors (Lipinski definition) is 4. The number of unbranched alkanes of at least 4 members (excludes halogenated alkanes) is 2. The summed E-state index contributed by atoms with van der Waals surface area (Å²) in [6.07, 6.45) is 18.0. The van der Waals surface area contributed by atoms with Crippen LogP contribution in [0.3, 0.4) is 0 Å². The van der Waals surface area contributed by atoms with Crippen LogP contribution in [-0.4, -0.2) is 45.2 Å². The van der Waals surface area contributed by atoms with Gasteiger partial charge < -0.3 is 20.4 Å². The first kappa shape index (κ1) is 30.3. The molecular weight excluding hydrogens is 440 g/mol. The molecule has 0 aromatic rings. The molecule has 204 valence electrons. The minimum absolute atomic E-state index is 0.00972. The van der Waals surface area contributed by atoms with Crippen molar-refractivity contribution in [2.45, 2.75) is 130 Å². The topological polar surface area (TPSA) is 98.0 Å². The zero-order valence-electron chi connectivity index (χ0n) is 22.9. The molecule has 0 aliphatic heterocycles. The van der Waals surface area contributed by atoms with Crippen LogP contribution in [0.2, 0.25) is 0 Å². The molecule has 0 radical (unpaired) electrons. The fraction of sp³-hybridized carbons (Fsp3) is 0.900. The maximum Gasteiger partial charge on any atom is 0.309 e. The number of carbonyl (C=O) groups is 1. The van der Waals surface area contributed by atoms with Crippen LogP contribution in [0.4, 0.5) is 0 Å². The van der Waals surface area contributed by atoms with Gasteiger partial charge in [0, 0.05) is 18.4 Å². The summed E-state index contributed by atoms with van der Waals surface area (Å²) in [7, 11) is 0. The second kappa shape index (κ2) is 14.1. The molecule has 6 atom stereocenters. The number of carboxylic acid groups (broad SMARTS) is 1. The fourth-order valence-electron chi connectivity index (χ4n) is 6.12. The Labute approximate surface area is 214 Å². The van der Waals surface area contributed by atoms with Crippen LogP contribution in [0.25, 0.3) is 0 Å². The van der Waals surface area contributed by atoms with Crippen molar-refractivity contribution in [3.05, 3.63) is 12.2 Å². The number of aliphatic hydroxyl groups is 3. The van der Waals surface area contributed by atoms with Gasteiger partial charge in [0.15, 0.2) is 0 Å². The van der Waals surface area contributed by atoms with Gasteiger partial charge >= 0.3 is 5.97 Å². The SMILES string of the molecule is CC(C)(CO)CCCCC1CCCC(/C=C/C2CCCC(CCCCC(C)(C)C(=O)O)C2O)C1O. The average molecular weight is 495 g/mol. The number of rotatable bonds is 14. The average Bonchev–Trinajstić information content (AvgIpc) is 2.81. The molecule has 0 aromatic heterocycles.